The second-order valence-corrected chi connectivity index (χ2v) is 9.94. The van der Waals surface area contributed by atoms with E-state index in [-0.39, 0.29) is 23.6 Å². The van der Waals surface area contributed by atoms with Crippen molar-refractivity contribution in [3.8, 4) is 11.1 Å². The summed E-state index contributed by atoms with van der Waals surface area (Å²) in [5.74, 6) is -0.135. The number of benzene rings is 2. The van der Waals surface area contributed by atoms with E-state index in [1.165, 1.54) is 6.07 Å². The summed E-state index contributed by atoms with van der Waals surface area (Å²) in [4.78, 5) is 3.17. The lowest BCUT2D eigenvalue weighted by Crippen LogP contribution is -2.46. The van der Waals surface area contributed by atoms with E-state index in [0.717, 1.165) is 43.8 Å². The van der Waals surface area contributed by atoms with Crippen LogP contribution in [0.5, 0.6) is 0 Å². The van der Waals surface area contributed by atoms with Crippen LogP contribution in [-0.4, -0.2) is 40.3 Å². The van der Waals surface area contributed by atoms with Crippen molar-refractivity contribution in [1.29, 1.82) is 0 Å². The fourth-order valence-electron chi connectivity index (χ4n) is 4.15. The third-order valence-electron chi connectivity index (χ3n) is 5.77. The van der Waals surface area contributed by atoms with E-state index in [1.54, 1.807) is 12.1 Å². The summed E-state index contributed by atoms with van der Waals surface area (Å²) < 4.78 is 66.1. The van der Waals surface area contributed by atoms with Gasteiger partial charge in [0.2, 0.25) is 0 Å². The highest BCUT2D eigenvalue weighted by molar-refractivity contribution is 7.90. The minimum absolute atomic E-state index is 0.0725. The van der Waals surface area contributed by atoms with E-state index in [1.807, 2.05) is 12.1 Å². The van der Waals surface area contributed by atoms with Gasteiger partial charge in [0.05, 0.1) is 10.5 Å². The molecule has 2 aliphatic heterocycles. The Morgan fingerprint density at radius 1 is 1.06 bits per heavy atom. The molecular formula is C21H22F3N5O2S. The summed E-state index contributed by atoms with van der Waals surface area (Å²) in [5, 5.41) is 10.8. The molecule has 0 amide bonds. The number of aliphatic imine (C=N–C) groups is 1. The first kappa shape index (κ1) is 22.6. The molecule has 32 heavy (non-hydrogen) atoms. The van der Waals surface area contributed by atoms with Gasteiger partial charge in [0.25, 0.3) is 0 Å². The Balaban J connectivity index is 1.91. The predicted octanol–water partition coefficient (Wildman–Crippen LogP) is 3.48. The van der Waals surface area contributed by atoms with E-state index >= 15 is 0 Å². The van der Waals surface area contributed by atoms with Gasteiger partial charge in [-0.3, -0.25) is 0 Å². The summed E-state index contributed by atoms with van der Waals surface area (Å²) in [6, 6.07) is 9.17. The Kier molecular flexibility index (Phi) is 5.68. The Morgan fingerprint density at radius 3 is 2.25 bits per heavy atom. The summed E-state index contributed by atoms with van der Waals surface area (Å²) in [6.45, 7) is 1.52. The maximum absolute atomic E-state index is 13.7. The van der Waals surface area contributed by atoms with Crippen LogP contribution in [0, 0.1) is 0 Å². The SMILES string of the molecule is CS(=O)(=O)c1c(C(F)(F)F)ccc(-c2ccc(C3(N)CCNCC3)cc2)c1C1=NCN=N1. The number of halogens is 3. The number of hydrogen-bond donors (Lipinski definition) is 2. The molecule has 0 radical (unpaired) electrons. The van der Waals surface area contributed by atoms with E-state index in [4.69, 9.17) is 5.73 Å². The molecule has 0 aliphatic carbocycles. The molecule has 11 heteroatoms. The fraction of sp³-hybridized carbons (Fsp3) is 0.381. The molecular weight excluding hydrogens is 443 g/mol. The number of nitrogens with one attached hydrogen (secondary N) is 1. The molecule has 7 nitrogen and oxygen atoms in total. The summed E-state index contributed by atoms with van der Waals surface area (Å²) in [6.07, 6.45) is -2.61. The highest BCUT2D eigenvalue weighted by atomic mass is 32.2. The topological polar surface area (TPSA) is 109 Å². The van der Waals surface area contributed by atoms with E-state index < -0.39 is 32.0 Å². The second-order valence-electron chi connectivity index (χ2n) is 7.98. The maximum Gasteiger partial charge on any atom is 0.417 e. The lowest BCUT2D eigenvalue weighted by atomic mass is 9.82. The molecule has 0 aromatic heterocycles. The van der Waals surface area contributed by atoms with Gasteiger partial charge in [-0.2, -0.15) is 18.3 Å². The van der Waals surface area contributed by atoms with E-state index in [0.29, 0.717) is 5.56 Å². The third-order valence-corrected chi connectivity index (χ3v) is 6.94. The molecule has 0 bridgehead atoms. The third kappa shape index (κ3) is 4.19. The van der Waals surface area contributed by atoms with Crippen LogP contribution in [0.25, 0.3) is 11.1 Å². The van der Waals surface area contributed by atoms with Gasteiger partial charge in [-0.05, 0) is 48.7 Å². The van der Waals surface area contributed by atoms with Gasteiger partial charge < -0.3 is 11.1 Å². The van der Waals surface area contributed by atoms with Gasteiger partial charge in [0, 0.05) is 17.4 Å². The van der Waals surface area contributed by atoms with Crippen molar-refractivity contribution >= 4 is 15.7 Å². The Hall–Kier alpha value is -2.63. The molecule has 0 spiro atoms. The van der Waals surface area contributed by atoms with E-state index in [2.05, 4.69) is 20.5 Å². The Morgan fingerprint density at radius 2 is 1.72 bits per heavy atom. The van der Waals surface area contributed by atoms with Crippen LogP contribution in [-0.2, 0) is 21.6 Å². The maximum atomic E-state index is 13.7. The smallest absolute Gasteiger partial charge is 0.321 e. The summed E-state index contributed by atoms with van der Waals surface area (Å²) >= 11 is 0. The van der Waals surface area contributed by atoms with Crippen LogP contribution < -0.4 is 11.1 Å². The second kappa shape index (κ2) is 8.05. The van der Waals surface area contributed by atoms with Crippen molar-refractivity contribution in [2.24, 2.45) is 21.0 Å². The minimum atomic E-state index is -4.87. The molecule has 170 valence electrons. The number of sulfone groups is 1. The minimum Gasteiger partial charge on any atom is -0.321 e. The number of nitrogens with zero attached hydrogens (tertiary/aromatic N) is 3. The van der Waals surface area contributed by atoms with Crippen molar-refractivity contribution in [3.05, 3.63) is 53.1 Å². The number of alkyl halides is 3. The van der Waals surface area contributed by atoms with Crippen molar-refractivity contribution in [2.75, 3.05) is 26.0 Å². The summed E-state index contributed by atoms with van der Waals surface area (Å²) in [5.41, 5.74) is 6.34. The average molecular weight is 466 g/mol. The number of amidine groups is 1. The first-order chi connectivity index (χ1) is 15.0. The van der Waals surface area contributed by atoms with Gasteiger partial charge in [-0.1, -0.05) is 30.3 Å². The number of rotatable bonds is 4. The summed E-state index contributed by atoms with van der Waals surface area (Å²) in [7, 11) is -4.28. The van der Waals surface area contributed by atoms with Gasteiger partial charge in [-0.25, -0.2) is 13.4 Å². The zero-order valence-corrected chi connectivity index (χ0v) is 18.1. The van der Waals surface area contributed by atoms with Gasteiger partial charge >= 0.3 is 6.18 Å². The largest absolute Gasteiger partial charge is 0.417 e. The number of nitrogens with two attached hydrogens (primary N) is 1. The lowest BCUT2D eigenvalue weighted by Gasteiger charge is -2.34. The molecule has 3 N–H and O–H groups in total. The van der Waals surface area contributed by atoms with Crippen LogP contribution in [0.1, 0.15) is 29.5 Å². The van der Waals surface area contributed by atoms with Crippen molar-refractivity contribution in [1.82, 2.24) is 5.32 Å². The highest BCUT2D eigenvalue weighted by Gasteiger charge is 2.39. The van der Waals surface area contributed by atoms with Crippen LogP contribution in [0.4, 0.5) is 13.2 Å². The first-order valence-corrected chi connectivity index (χ1v) is 11.9. The molecule has 0 saturated carbocycles. The quantitative estimate of drug-likeness (QED) is 0.720. The lowest BCUT2D eigenvalue weighted by molar-refractivity contribution is -0.139. The molecule has 1 saturated heterocycles. The normalized spacial score (nSPS) is 18.6. The van der Waals surface area contributed by atoms with Gasteiger partial charge in [0.15, 0.2) is 22.3 Å². The van der Waals surface area contributed by atoms with Crippen molar-refractivity contribution in [2.45, 2.75) is 29.5 Å². The zero-order chi connectivity index (χ0) is 23.1. The standard InChI is InChI=1S/C21H22F3N5O2S/c1-32(30,31)18-16(21(22,23)24)7-6-15(17(18)19-27-12-28-29-19)13-2-4-14(5-3-13)20(25)8-10-26-11-9-20/h2-7,26H,8-12,25H2,1H3. The predicted molar refractivity (Wildman–Crippen MR) is 114 cm³/mol. The van der Waals surface area contributed by atoms with Crippen LogP contribution in [0.2, 0.25) is 0 Å². The fourth-order valence-corrected chi connectivity index (χ4v) is 5.31. The first-order valence-electron chi connectivity index (χ1n) is 9.98. The molecule has 2 aromatic carbocycles. The van der Waals surface area contributed by atoms with Crippen LogP contribution in [0.3, 0.4) is 0 Å². The molecule has 0 atom stereocenters. The van der Waals surface area contributed by atoms with Crippen LogP contribution in [0.15, 0.2) is 56.5 Å². The zero-order valence-electron chi connectivity index (χ0n) is 17.3. The highest BCUT2D eigenvalue weighted by Crippen LogP contribution is 2.41. The Labute approximate surface area is 183 Å². The molecule has 4 rings (SSSR count). The number of hydrogen-bond acceptors (Lipinski definition) is 7. The van der Waals surface area contributed by atoms with Crippen molar-refractivity contribution < 1.29 is 21.6 Å². The molecule has 2 aromatic rings. The number of azo groups is 1. The average Bonchev–Trinajstić information content (AvgIpc) is 3.27. The molecule has 0 unspecified atom stereocenters. The Bertz CT molecular complexity index is 1200. The van der Waals surface area contributed by atoms with Gasteiger partial charge in [-0.15, -0.1) is 5.11 Å². The molecule has 2 aliphatic rings. The monoisotopic (exact) mass is 465 g/mol. The molecule has 1 fully saturated rings. The van der Waals surface area contributed by atoms with Crippen LogP contribution >= 0.6 is 0 Å². The van der Waals surface area contributed by atoms with Crippen molar-refractivity contribution in [3.63, 3.8) is 0 Å². The van der Waals surface area contributed by atoms with Gasteiger partial charge in [0.1, 0.15) is 0 Å². The molecule has 2 heterocycles. The van der Waals surface area contributed by atoms with E-state index in [9.17, 15) is 21.6 Å². The number of piperidine rings is 1.